The molecule has 0 aliphatic rings. The molecule has 0 aliphatic carbocycles. The molecule has 146 valence electrons. The summed E-state index contributed by atoms with van der Waals surface area (Å²) in [6, 6.07) is 15.6. The molecule has 28 heavy (non-hydrogen) atoms. The average Bonchev–Trinajstić information content (AvgIpc) is 3.10. The van der Waals surface area contributed by atoms with E-state index in [0.717, 1.165) is 24.1 Å². The highest BCUT2D eigenvalue weighted by Gasteiger charge is 2.16. The lowest BCUT2D eigenvalue weighted by molar-refractivity contribution is -0.114. The summed E-state index contributed by atoms with van der Waals surface area (Å²) in [6.07, 6.45) is 2.11. The number of sulfonamides is 1. The van der Waals surface area contributed by atoms with E-state index in [0.29, 0.717) is 5.69 Å². The minimum atomic E-state index is -3.79. The van der Waals surface area contributed by atoms with E-state index in [9.17, 15) is 13.2 Å². The molecule has 3 aromatic rings. The zero-order valence-corrected chi connectivity index (χ0v) is 16.5. The average molecular weight is 398 g/mol. The first-order valence-electron chi connectivity index (χ1n) is 8.92. The third kappa shape index (κ3) is 4.77. The maximum Gasteiger partial charge on any atom is 0.263 e. The Kier molecular flexibility index (Phi) is 5.79. The van der Waals surface area contributed by atoms with Gasteiger partial charge in [-0.25, -0.2) is 8.42 Å². The first-order valence-corrected chi connectivity index (χ1v) is 10.4. The number of aromatic nitrogens is 2. The SMILES string of the molecule is CCCc1ccc(-c2cc(NS(=O)(=O)c3ccc(NC(C)=O)cc3)n[nH]2)cc1. The van der Waals surface area contributed by atoms with Crippen molar-refractivity contribution in [2.24, 2.45) is 0 Å². The van der Waals surface area contributed by atoms with Crippen LogP contribution < -0.4 is 10.0 Å². The van der Waals surface area contributed by atoms with Gasteiger partial charge < -0.3 is 5.32 Å². The first kappa shape index (κ1) is 19.6. The second-order valence-corrected chi connectivity index (χ2v) is 8.11. The third-order valence-electron chi connectivity index (χ3n) is 4.11. The highest BCUT2D eigenvalue weighted by Crippen LogP contribution is 2.23. The Hall–Kier alpha value is -3.13. The number of carbonyl (C=O) groups excluding carboxylic acids is 1. The summed E-state index contributed by atoms with van der Waals surface area (Å²) < 4.78 is 27.5. The van der Waals surface area contributed by atoms with Crippen LogP contribution in [0, 0.1) is 0 Å². The van der Waals surface area contributed by atoms with Gasteiger partial charge in [0.05, 0.1) is 10.6 Å². The minimum absolute atomic E-state index is 0.0788. The lowest BCUT2D eigenvalue weighted by Crippen LogP contribution is -2.13. The Labute approximate surface area is 164 Å². The Morgan fingerprint density at radius 3 is 2.36 bits per heavy atom. The Morgan fingerprint density at radius 1 is 1.07 bits per heavy atom. The zero-order valence-electron chi connectivity index (χ0n) is 15.7. The molecule has 0 saturated heterocycles. The van der Waals surface area contributed by atoms with Gasteiger partial charge in [0.25, 0.3) is 10.0 Å². The van der Waals surface area contributed by atoms with Crippen molar-refractivity contribution in [3.63, 3.8) is 0 Å². The Bertz CT molecular complexity index is 1060. The third-order valence-corrected chi connectivity index (χ3v) is 5.48. The van der Waals surface area contributed by atoms with E-state index in [-0.39, 0.29) is 16.6 Å². The number of rotatable bonds is 7. The van der Waals surface area contributed by atoms with Crippen LogP contribution >= 0.6 is 0 Å². The van der Waals surface area contributed by atoms with Gasteiger partial charge in [0.1, 0.15) is 0 Å². The predicted molar refractivity (Wildman–Crippen MR) is 110 cm³/mol. The number of amides is 1. The van der Waals surface area contributed by atoms with Crippen molar-refractivity contribution >= 4 is 27.4 Å². The normalized spacial score (nSPS) is 11.2. The molecule has 0 saturated carbocycles. The summed E-state index contributed by atoms with van der Waals surface area (Å²) in [7, 11) is -3.79. The molecule has 1 heterocycles. The van der Waals surface area contributed by atoms with E-state index >= 15 is 0 Å². The highest BCUT2D eigenvalue weighted by molar-refractivity contribution is 7.92. The number of aromatic amines is 1. The molecule has 3 N–H and O–H groups in total. The van der Waals surface area contributed by atoms with Crippen molar-refractivity contribution in [2.75, 3.05) is 10.0 Å². The zero-order chi connectivity index (χ0) is 20.1. The van der Waals surface area contributed by atoms with Crippen molar-refractivity contribution in [2.45, 2.75) is 31.6 Å². The van der Waals surface area contributed by atoms with Gasteiger partial charge in [0.2, 0.25) is 5.91 Å². The maximum atomic E-state index is 12.5. The molecule has 1 aromatic heterocycles. The molecule has 0 atom stereocenters. The topological polar surface area (TPSA) is 104 Å². The fourth-order valence-electron chi connectivity index (χ4n) is 2.78. The highest BCUT2D eigenvalue weighted by atomic mass is 32.2. The number of hydrogen-bond acceptors (Lipinski definition) is 4. The van der Waals surface area contributed by atoms with E-state index in [4.69, 9.17) is 0 Å². The van der Waals surface area contributed by atoms with Gasteiger partial charge in [0.15, 0.2) is 5.82 Å². The molecular weight excluding hydrogens is 376 g/mol. The molecule has 0 unspecified atom stereocenters. The van der Waals surface area contributed by atoms with Crippen molar-refractivity contribution in [1.82, 2.24) is 10.2 Å². The molecule has 0 fully saturated rings. The fraction of sp³-hybridized carbons (Fsp3) is 0.200. The van der Waals surface area contributed by atoms with Crippen molar-refractivity contribution < 1.29 is 13.2 Å². The molecule has 0 aliphatic heterocycles. The van der Waals surface area contributed by atoms with Gasteiger partial charge in [-0.05, 0) is 41.8 Å². The van der Waals surface area contributed by atoms with E-state index < -0.39 is 10.0 Å². The summed E-state index contributed by atoms with van der Waals surface area (Å²) in [4.78, 5) is 11.1. The molecule has 0 spiro atoms. The lowest BCUT2D eigenvalue weighted by Gasteiger charge is -2.07. The summed E-state index contributed by atoms with van der Waals surface area (Å²) in [5.41, 5.74) is 3.44. The molecule has 3 rings (SSSR count). The number of nitrogens with zero attached hydrogens (tertiary/aromatic N) is 1. The molecule has 2 aromatic carbocycles. The molecule has 0 radical (unpaired) electrons. The van der Waals surface area contributed by atoms with Crippen molar-refractivity contribution in [3.8, 4) is 11.3 Å². The van der Waals surface area contributed by atoms with Crippen LogP contribution in [-0.4, -0.2) is 24.5 Å². The quantitative estimate of drug-likeness (QED) is 0.563. The lowest BCUT2D eigenvalue weighted by atomic mass is 10.1. The predicted octanol–water partition coefficient (Wildman–Crippen LogP) is 3.79. The number of hydrogen-bond donors (Lipinski definition) is 3. The summed E-state index contributed by atoms with van der Waals surface area (Å²) in [5, 5.41) is 9.50. The number of carbonyl (C=O) groups is 1. The molecule has 1 amide bonds. The van der Waals surface area contributed by atoms with Crippen LogP contribution in [0.5, 0.6) is 0 Å². The molecule has 0 bridgehead atoms. The van der Waals surface area contributed by atoms with Crippen molar-refractivity contribution in [1.29, 1.82) is 0 Å². The maximum absolute atomic E-state index is 12.5. The number of anilines is 2. The standard InChI is InChI=1S/C20H22N4O3S/c1-3-4-15-5-7-16(8-6-15)19-13-20(23-22-19)24-28(26,27)18-11-9-17(10-12-18)21-14(2)25/h5-13H,3-4H2,1-2H3,(H,21,25)(H2,22,23,24). The second-order valence-electron chi connectivity index (χ2n) is 6.42. The number of benzene rings is 2. The van der Waals surface area contributed by atoms with Gasteiger partial charge in [-0.2, -0.15) is 5.10 Å². The van der Waals surface area contributed by atoms with Gasteiger partial charge in [-0.15, -0.1) is 0 Å². The smallest absolute Gasteiger partial charge is 0.263 e. The first-order chi connectivity index (χ1) is 13.4. The van der Waals surface area contributed by atoms with Crippen LogP contribution in [0.25, 0.3) is 11.3 Å². The molecular formula is C20H22N4O3S. The number of aryl methyl sites for hydroxylation is 1. The second kappa shape index (κ2) is 8.26. The van der Waals surface area contributed by atoms with Gasteiger partial charge in [0, 0.05) is 18.7 Å². The van der Waals surface area contributed by atoms with Crippen LogP contribution in [0.15, 0.2) is 59.5 Å². The fourth-order valence-corrected chi connectivity index (χ4v) is 3.77. The van der Waals surface area contributed by atoms with Gasteiger partial charge in [-0.1, -0.05) is 37.6 Å². The largest absolute Gasteiger partial charge is 0.326 e. The molecule has 8 heteroatoms. The van der Waals surface area contributed by atoms with E-state index in [1.54, 1.807) is 6.07 Å². The number of nitrogens with one attached hydrogen (secondary N) is 3. The van der Waals surface area contributed by atoms with Crippen LogP contribution in [0.2, 0.25) is 0 Å². The van der Waals surface area contributed by atoms with E-state index in [1.807, 2.05) is 12.1 Å². The Balaban J connectivity index is 1.73. The van der Waals surface area contributed by atoms with Gasteiger partial charge >= 0.3 is 0 Å². The summed E-state index contributed by atoms with van der Waals surface area (Å²) in [6.45, 7) is 3.52. The van der Waals surface area contributed by atoms with Gasteiger partial charge in [-0.3, -0.25) is 14.6 Å². The van der Waals surface area contributed by atoms with Crippen LogP contribution in [0.4, 0.5) is 11.5 Å². The number of H-pyrrole nitrogens is 1. The monoisotopic (exact) mass is 398 g/mol. The van der Waals surface area contributed by atoms with Crippen LogP contribution in [0.1, 0.15) is 25.8 Å². The van der Waals surface area contributed by atoms with E-state index in [2.05, 4.69) is 39.3 Å². The van der Waals surface area contributed by atoms with Crippen LogP contribution in [-0.2, 0) is 21.2 Å². The minimum Gasteiger partial charge on any atom is -0.326 e. The molecule has 7 nitrogen and oxygen atoms in total. The van der Waals surface area contributed by atoms with Crippen LogP contribution in [0.3, 0.4) is 0 Å². The van der Waals surface area contributed by atoms with Crippen molar-refractivity contribution in [3.05, 3.63) is 60.2 Å². The summed E-state index contributed by atoms with van der Waals surface area (Å²) >= 11 is 0. The Morgan fingerprint density at radius 2 is 1.75 bits per heavy atom. The summed E-state index contributed by atoms with van der Waals surface area (Å²) in [5.74, 6) is -0.0147. The van der Waals surface area contributed by atoms with E-state index in [1.165, 1.54) is 36.8 Å².